The Kier molecular flexibility index (Phi) is 1.30. The van der Waals surface area contributed by atoms with Gasteiger partial charge in [0.15, 0.2) is 0 Å². The smallest absolute Gasteiger partial charge is 0.0778 e. The third kappa shape index (κ3) is 1.14. The van der Waals surface area contributed by atoms with Crippen molar-refractivity contribution in [2.45, 2.75) is 32.4 Å². The predicted octanol–water partition coefficient (Wildman–Crippen LogP) is 0.688. The van der Waals surface area contributed by atoms with Gasteiger partial charge in [-0.25, -0.2) is 0 Å². The van der Waals surface area contributed by atoms with E-state index in [4.69, 9.17) is 4.84 Å². The summed E-state index contributed by atoms with van der Waals surface area (Å²) in [7, 11) is 0. The number of rotatable bonds is 0. The molecule has 0 aromatic heterocycles. The van der Waals surface area contributed by atoms with Crippen LogP contribution in [-0.4, -0.2) is 12.1 Å². The first kappa shape index (κ1) is 5.06. The van der Waals surface area contributed by atoms with Crippen molar-refractivity contribution in [2.75, 3.05) is 0 Å². The first-order valence-electron chi connectivity index (χ1n) is 2.70. The summed E-state index contributed by atoms with van der Waals surface area (Å²) in [6.07, 6.45) is 1.55. The van der Waals surface area contributed by atoms with Gasteiger partial charge in [-0.15, -0.1) is 0 Å². The molecular formula is C5H11NO. The maximum absolute atomic E-state index is 5.02. The molecule has 2 heteroatoms. The largest absolute Gasteiger partial charge is 0.298 e. The van der Waals surface area contributed by atoms with Crippen molar-refractivity contribution in [3.05, 3.63) is 0 Å². The molecule has 0 saturated carbocycles. The lowest BCUT2D eigenvalue weighted by molar-refractivity contribution is 0.0380. The van der Waals surface area contributed by atoms with Gasteiger partial charge in [-0.1, -0.05) is 0 Å². The summed E-state index contributed by atoms with van der Waals surface area (Å²) in [5.74, 6) is 0. The van der Waals surface area contributed by atoms with Crippen molar-refractivity contribution in [2.24, 2.45) is 0 Å². The molecule has 42 valence electrons. The Bertz CT molecular complexity index is 57.1. The van der Waals surface area contributed by atoms with Crippen LogP contribution in [0.2, 0.25) is 0 Å². The first-order valence-corrected chi connectivity index (χ1v) is 2.70. The van der Waals surface area contributed by atoms with Crippen molar-refractivity contribution < 1.29 is 4.84 Å². The van der Waals surface area contributed by atoms with Crippen LogP contribution in [0.15, 0.2) is 0 Å². The van der Waals surface area contributed by atoms with E-state index in [1.54, 1.807) is 0 Å². The fourth-order valence-electron chi connectivity index (χ4n) is 0.826. The monoisotopic (exact) mass is 101 g/mol. The summed E-state index contributed by atoms with van der Waals surface area (Å²) in [6.45, 7) is 4.18. The van der Waals surface area contributed by atoms with Crippen LogP contribution in [0.1, 0.15) is 20.3 Å². The van der Waals surface area contributed by atoms with E-state index in [1.165, 1.54) is 0 Å². The third-order valence-electron chi connectivity index (χ3n) is 1.16. The molecule has 1 fully saturated rings. The maximum atomic E-state index is 5.02. The zero-order chi connectivity index (χ0) is 5.28. The Balaban J connectivity index is 2.26. The van der Waals surface area contributed by atoms with Crippen LogP contribution in [0.5, 0.6) is 0 Å². The van der Waals surface area contributed by atoms with Gasteiger partial charge in [0.2, 0.25) is 0 Å². The molecule has 1 aliphatic rings. The molecule has 0 aromatic rings. The van der Waals surface area contributed by atoms with Crippen LogP contribution in [0.4, 0.5) is 0 Å². The van der Waals surface area contributed by atoms with Crippen LogP contribution in [0.25, 0.3) is 0 Å². The minimum absolute atomic E-state index is 0.412. The molecule has 2 unspecified atom stereocenters. The Morgan fingerprint density at radius 2 is 2.29 bits per heavy atom. The van der Waals surface area contributed by atoms with Crippen LogP contribution in [0.3, 0.4) is 0 Å². The average molecular weight is 101 g/mol. The van der Waals surface area contributed by atoms with Gasteiger partial charge in [0, 0.05) is 6.04 Å². The summed E-state index contributed by atoms with van der Waals surface area (Å²) < 4.78 is 0. The lowest BCUT2D eigenvalue weighted by atomic mass is 10.2. The molecule has 1 N–H and O–H groups in total. The van der Waals surface area contributed by atoms with Crippen molar-refractivity contribution in [1.82, 2.24) is 5.48 Å². The molecule has 0 radical (unpaired) electrons. The second-order valence-electron chi connectivity index (χ2n) is 2.18. The molecule has 2 atom stereocenters. The highest BCUT2D eigenvalue weighted by Crippen LogP contribution is 2.07. The molecule has 1 aliphatic heterocycles. The molecule has 2 nitrogen and oxygen atoms in total. The van der Waals surface area contributed by atoms with Crippen LogP contribution in [0, 0.1) is 0 Å². The van der Waals surface area contributed by atoms with E-state index in [0.717, 1.165) is 6.42 Å². The Morgan fingerprint density at radius 1 is 1.57 bits per heavy atom. The molecule has 7 heavy (non-hydrogen) atoms. The molecular weight excluding hydrogens is 90.1 g/mol. The van der Waals surface area contributed by atoms with E-state index in [1.807, 2.05) is 0 Å². The lowest BCUT2D eigenvalue weighted by Gasteiger charge is -1.93. The normalized spacial score (nSPS) is 42.0. The highest BCUT2D eigenvalue weighted by atomic mass is 16.7. The summed E-state index contributed by atoms with van der Waals surface area (Å²) in [6, 6.07) is 0.551. The highest BCUT2D eigenvalue weighted by Gasteiger charge is 2.15. The molecule has 0 aromatic carbocycles. The van der Waals surface area contributed by atoms with Gasteiger partial charge in [0.1, 0.15) is 0 Å². The van der Waals surface area contributed by atoms with Crippen LogP contribution < -0.4 is 5.48 Å². The fourth-order valence-corrected chi connectivity index (χ4v) is 0.826. The molecule has 0 amide bonds. The quantitative estimate of drug-likeness (QED) is 0.484. The van der Waals surface area contributed by atoms with E-state index in [9.17, 15) is 0 Å². The number of hydrogen-bond donors (Lipinski definition) is 1. The number of hydroxylamine groups is 1. The molecule has 0 aliphatic carbocycles. The zero-order valence-electron chi connectivity index (χ0n) is 4.77. The molecule has 0 bridgehead atoms. The second kappa shape index (κ2) is 1.80. The fraction of sp³-hybridized carbons (Fsp3) is 1.00. The number of nitrogens with one attached hydrogen (secondary N) is 1. The van der Waals surface area contributed by atoms with E-state index in [2.05, 4.69) is 19.3 Å². The number of hydrogen-bond acceptors (Lipinski definition) is 2. The van der Waals surface area contributed by atoms with Gasteiger partial charge in [-0.2, -0.15) is 5.48 Å². The van der Waals surface area contributed by atoms with Gasteiger partial charge in [-0.05, 0) is 20.3 Å². The van der Waals surface area contributed by atoms with Gasteiger partial charge < -0.3 is 0 Å². The van der Waals surface area contributed by atoms with Gasteiger partial charge in [-0.3, -0.25) is 4.84 Å². The molecule has 1 saturated heterocycles. The Morgan fingerprint density at radius 3 is 2.43 bits per heavy atom. The minimum Gasteiger partial charge on any atom is -0.298 e. The van der Waals surface area contributed by atoms with E-state index < -0.39 is 0 Å². The molecule has 1 heterocycles. The molecule has 1 rings (SSSR count). The van der Waals surface area contributed by atoms with Crippen molar-refractivity contribution in [1.29, 1.82) is 0 Å². The Labute approximate surface area is 43.8 Å². The SMILES string of the molecule is CC1CC(C)ON1. The van der Waals surface area contributed by atoms with Gasteiger partial charge >= 0.3 is 0 Å². The van der Waals surface area contributed by atoms with Gasteiger partial charge in [0.05, 0.1) is 6.10 Å². The van der Waals surface area contributed by atoms with E-state index in [-0.39, 0.29) is 0 Å². The van der Waals surface area contributed by atoms with Crippen molar-refractivity contribution in [3.63, 3.8) is 0 Å². The first-order chi connectivity index (χ1) is 3.29. The van der Waals surface area contributed by atoms with E-state index >= 15 is 0 Å². The third-order valence-corrected chi connectivity index (χ3v) is 1.16. The summed E-state index contributed by atoms with van der Waals surface area (Å²) >= 11 is 0. The second-order valence-corrected chi connectivity index (χ2v) is 2.18. The lowest BCUT2D eigenvalue weighted by Crippen LogP contribution is -2.14. The maximum Gasteiger partial charge on any atom is 0.0778 e. The van der Waals surface area contributed by atoms with Gasteiger partial charge in [0.25, 0.3) is 0 Å². The minimum atomic E-state index is 0.412. The zero-order valence-corrected chi connectivity index (χ0v) is 4.77. The standard InChI is InChI=1S/C5H11NO/c1-4-3-5(2)7-6-4/h4-6H,3H2,1-2H3. The summed E-state index contributed by atoms with van der Waals surface area (Å²) in [5.41, 5.74) is 2.87. The summed E-state index contributed by atoms with van der Waals surface area (Å²) in [4.78, 5) is 5.02. The molecule has 0 spiro atoms. The van der Waals surface area contributed by atoms with Crippen molar-refractivity contribution in [3.8, 4) is 0 Å². The highest BCUT2D eigenvalue weighted by molar-refractivity contribution is 4.65. The Hall–Kier alpha value is -0.0800. The van der Waals surface area contributed by atoms with Crippen molar-refractivity contribution >= 4 is 0 Å². The van der Waals surface area contributed by atoms with Crippen LogP contribution >= 0.6 is 0 Å². The predicted molar refractivity (Wildman–Crippen MR) is 27.8 cm³/mol. The van der Waals surface area contributed by atoms with Crippen LogP contribution in [-0.2, 0) is 4.84 Å². The average Bonchev–Trinajstić information content (AvgIpc) is 1.87. The van der Waals surface area contributed by atoms with E-state index in [0.29, 0.717) is 12.1 Å². The summed E-state index contributed by atoms with van der Waals surface area (Å²) in [5, 5.41) is 0. The topological polar surface area (TPSA) is 21.3 Å².